The summed E-state index contributed by atoms with van der Waals surface area (Å²) < 4.78 is 0.663. The molecular formula is C12H14ClNO3S. The average molecular weight is 288 g/mol. The fourth-order valence-electron chi connectivity index (χ4n) is 2.20. The Hall–Kier alpha value is -1.07. The predicted molar refractivity (Wildman–Crippen MR) is 69.9 cm³/mol. The van der Waals surface area contributed by atoms with E-state index in [0.29, 0.717) is 23.8 Å². The molecule has 0 radical (unpaired) electrons. The van der Waals surface area contributed by atoms with Gasteiger partial charge in [0.05, 0.1) is 16.7 Å². The lowest BCUT2D eigenvalue weighted by Gasteiger charge is -2.15. The smallest absolute Gasteiger partial charge is 0.308 e. The summed E-state index contributed by atoms with van der Waals surface area (Å²) in [6, 6.07) is 3.60. The third-order valence-electron chi connectivity index (χ3n) is 3.24. The highest BCUT2D eigenvalue weighted by Gasteiger charge is 2.36. The zero-order valence-electron chi connectivity index (χ0n) is 9.93. The molecule has 1 saturated heterocycles. The number of amides is 1. The maximum absolute atomic E-state index is 12.0. The van der Waals surface area contributed by atoms with E-state index in [4.69, 9.17) is 16.7 Å². The first-order valence-corrected chi connectivity index (χ1v) is 6.91. The number of hydrogen-bond acceptors (Lipinski definition) is 3. The van der Waals surface area contributed by atoms with E-state index in [1.54, 1.807) is 11.0 Å². The van der Waals surface area contributed by atoms with Crippen molar-refractivity contribution in [3.8, 4) is 0 Å². The zero-order chi connectivity index (χ0) is 13.3. The Kier molecular flexibility index (Phi) is 3.92. The second kappa shape index (κ2) is 5.28. The van der Waals surface area contributed by atoms with E-state index in [1.807, 2.05) is 13.0 Å². The molecule has 0 aliphatic carbocycles. The molecule has 98 valence electrons. The summed E-state index contributed by atoms with van der Waals surface area (Å²) >= 11 is 7.19. The van der Waals surface area contributed by atoms with Crippen LogP contribution >= 0.6 is 22.9 Å². The third kappa shape index (κ3) is 2.84. The third-order valence-corrected chi connectivity index (χ3v) is 4.47. The summed E-state index contributed by atoms with van der Waals surface area (Å²) in [5.41, 5.74) is 0. The van der Waals surface area contributed by atoms with E-state index in [9.17, 15) is 9.59 Å². The Bertz CT molecular complexity index is 474. The molecule has 1 aliphatic rings. The highest BCUT2D eigenvalue weighted by molar-refractivity contribution is 7.16. The van der Waals surface area contributed by atoms with Crippen molar-refractivity contribution in [1.82, 2.24) is 4.90 Å². The van der Waals surface area contributed by atoms with Gasteiger partial charge in [0, 0.05) is 18.0 Å². The van der Waals surface area contributed by atoms with Crippen LogP contribution in [0.1, 0.15) is 11.8 Å². The number of likely N-dealkylation sites (tertiary alicyclic amines) is 1. The molecule has 1 aromatic rings. The van der Waals surface area contributed by atoms with Gasteiger partial charge in [0.25, 0.3) is 0 Å². The van der Waals surface area contributed by atoms with Gasteiger partial charge < -0.3 is 10.0 Å². The minimum absolute atomic E-state index is 0.0124. The molecule has 1 amide bonds. The van der Waals surface area contributed by atoms with Crippen molar-refractivity contribution in [3.63, 3.8) is 0 Å². The minimum Gasteiger partial charge on any atom is -0.481 e. The van der Waals surface area contributed by atoms with Gasteiger partial charge in [-0.15, -0.1) is 11.3 Å². The first-order chi connectivity index (χ1) is 8.47. The largest absolute Gasteiger partial charge is 0.481 e. The van der Waals surface area contributed by atoms with Crippen LogP contribution in [0.15, 0.2) is 12.1 Å². The van der Waals surface area contributed by atoms with Crippen LogP contribution in [0.4, 0.5) is 0 Å². The van der Waals surface area contributed by atoms with E-state index in [-0.39, 0.29) is 11.8 Å². The lowest BCUT2D eigenvalue weighted by Crippen LogP contribution is -2.31. The molecule has 1 fully saturated rings. The molecule has 1 aromatic heterocycles. The van der Waals surface area contributed by atoms with E-state index in [2.05, 4.69) is 0 Å². The molecule has 2 heterocycles. The number of carbonyl (C=O) groups excluding carboxylic acids is 1. The topological polar surface area (TPSA) is 57.6 Å². The summed E-state index contributed by atoms with van der Waals surface area (Å²) in [6.07, 6.45) is 0.302. The zero-order valence-corrected chi connectivity index (χ0v) is 11.5. The maximum Gasteiger partial charge on any atom is 0.308 e. The fourth-order valence-corrected chi connectivity index (χ4v) is 3.28. The van der Waals surface area contributed by atoms with Gasteiger partial charge >= 0.3 is 5.97 Å². The van der Waals surface area contributed by atoms with Crippen LogP contribution in [0.25, 0.3) is 0 Å². The van der Waals surface area contributed by atoms with Gasteiger partial charge in [-0.3, -0.25) is 9.59 Å². The second-order valence-corrected chi connectivity index (χ2v) is 6.40. The van der Waals surface area contributed by atoms with E-state index < -0.39 is 11.9 Å². The molecule has 2 rings (SSSR count). The molecule has 18 heavy (non-hydrogen) atoms. The van der Waals surface area contributed by atoms with Crippen molar-refractivity contribution in [2.75, 3.05) is 13.1 Å². The van der Waals surface area contributed by atoms with Crippen LogP contribution in [-0.4, -0.2) is 35.0 Å². The van der Waals surface area contributed by atoms with Crippen molar-refractivity contribution in [2.24, 2.45) is 11.8 Å². The lowest BCUT2D eigenvalue weighted by molar-refractivity contribution is -0.142. The highest BCUT2D eigenvalue weighted by atomic mass is 35.5. The number of thiophene rings is 1. The molecule has 1 aliphatic heterocycles. The normalized spacial score (nSPS) is 23.3. The number of hydrogen-bond donors (Lipinski definition) is 1. The van der Waals surface area contributed by atoms with Gasteiger partial charge in [-0.25, -0.2) is 0 Å². The Morgan fingerprint density at radius 2 is 2.22 bits per heavy atom. The Morgan fingerprint density at radius 1 is 1.50 bits per heavy atom. The number of carboxylic acids is 1. The highest BCUT2D eigenvalue weighted by Crippen LogP contribution is 2.26. The standard InChI is InChI=1S/C12H14ClNO3S/c1-7-5-14(6-9(7)12(16)17)11(15)4-8-2-3-10(13)18-8/h2-3,7,9H,4-6H2,1H3,(H,16,17)/t7-,9-/m1/s1. The molecule has 0 aromatic carbocycles. The van der Waals surface area contributed by atoms with E-state index in [0.717, 1.165) is 4.88 Å². The summed E-state index contributed by atoms with van der Waals surface area (Å²) in [6.45, 7) is 2.71. The number of carboxylic acid groups (broad SMARTS) is 1. The van der Waals surface area contributed by atoms with Gasteiger partial charge in [-0.1, -0.05) is 18.5 Å². The van der Waals surface area contributed by atoms with Crippen molar-refractivity contribution in [3.05, 3.63) is 21.3 Å². The monoisotopic (exact) mass is 287 g/mol. The van der Waals surface area contributed by atoms with E-state index in [1.165, 1.54) is 11.3 Å². The molecule has 0 unspecified atom stereocenters. The van der Waals surface area contributed by atoms with Crippen molar-refractivity contribution < 1.29 is 14.7 Å². The molecule has 0 spiro atoms. The SMILES string of the molecule is C[C@@H]1CN(C(=O)Cc2ccc(Cl)s2)C[C@H]1C(=O)O. The summed E-state index contributed by atoms with van der Waals surface area (Å²) in [5, 5.41) is 9.02. The Balaban J connectivity index is 1.97. The summed E-state index contributed by atoms with van der Waals surface area (Å²) in [7, 11) is 0. The van der Waals surface area contributed by atoms with Crippen LogP contribution < -0.4 is 0 Å². The van der Waals surface area contributed by atoms with Crippen molar-refractivity contribution >= 4 is 34.8 Å². The number of aliphatic carboxylic acids is 1. The molecule has 2 atom stereocenters. The van der Waals surface area contributed by atoms with E-state index >= 15 is 0 Å². The predicted octanol–water partition coefficient (Wildman–Crippen LogP) is 2.12. The molecule has 1 N–H and O–H groups in total. The quantitative estimate of drug-likeness (QED) is 0.926. The molecular weight excluding hydrogens is 274 g/mol. The van der Waals surface area contributed by atoms with Crippen molar-refractivity contribution in [2.45, 2.75) is 13.3 Å². The second-order valence-electron chi connectivity index (χ2n) is 4.60. The summed E-state index contributed by atoms with van der Waals surface area (Å²) in [5.74, 6) is -1.28. The van der Waals surface area contributed by atoms with Crippen LogP contribution in [-0.2, 0) is 16.0 Å². The lowest BCUT2D eigenvalue weighted by atomic mass is 9.99. The average Bonchev–Trinajstić information content (AvgIpc) is 2.85. The number of rotatable bonds is 3. The van der Waals surface area contributed by atoms with Crippen LogP contribution in [0.3, 0.4) is 0 Å². The Labute approximate surface area is 114 Å². The van der Waals surface area contributed by atoms with Crippen LogP contribution in [0.2, 0.25) is 4.34 Å². The fraction of sp³-hybridized carbons (Fsp3) is 0.500. The van der Waals surface area contributed by atoms with Crippen molar-refractivity contribution in [1.29, 1.82) is 0 Å². The first-order valence-electron chi connectivity index (χ1n) is 5.72. The first kappa shape index (κ1) is 13.4. The summed E-state index contributed by atoms with van der Waals surface area (Å²) in [4.78, 5) is 25.6. The van der Waals surface area contributed by atoms with Crippen LogP contribution in [0, 0.1) is 11.8 Å². The number of carbonyl (C=O) groups is 2. The molecule has 6 heteroatoms. The molecule has 4 nitrogen and oxygen atoms in total. The molecule has 0 saturated carbocycles. The number of halogens is 1. The Morgan fingerprint density at radius 3 is 2.72 bits per heavy atom. The van der Waals surface area contributed by atoms with Gasteiger partial charge in [-0.05, 0) is 18.1 Å². The van der Waals surface area contributed by atoms with Crippen LogP contribution in [0.5, 0.6) is 0 Å². The number of nitrogens with zero attached hydrogens (tertiary/aromatic N) is 1. The minimum atomic E-state index is -0.822. The van der Waals surface area contributed by atoms with Gasteiger partial charge in [-0.2, -0.15) is 0 Å². The maximum atomic E-state index is 12.0. The van der Waals surface area contributed by atoms with Gasteiger partial charge in [0.1, 0.15) is 0 Å². The molecule has 0 bridgehead atoms. The van der Waals surface area contributed by atoms with Gasteiger partial charge in [0.2, 0.25) is 5.91 Å². The van der Waals surface area contributed by atoms with Gasteiger partial charge in [0.15, 0.2) is 0 Å².